The Morgan fingerprint density at radius 1 is 1.11 bits per heavy atom. The summed E-state index contributed by atoms with van der Waals surface area (Å²) in [4.78, 5) is 14.3. The summed E-state index contributed by atoms with van der Waals surface area (Å²) in [5.74, 6) is 1.30. The fourth-order valence-corrected chi connectivity index (χ4v) is 5.19. The van der Waals surface area contributed by atoms with Crippen molar-refractivity contribution in [3.63, 3.8) is 0 Å². The molecule has 0 bridgehead atoms. The largest absolute Gasteiger partial charge is 0.508 e. The number of hydrogen-bond donors (Lipinski definition) is 3. The highest BCUT2D eigenvalue weighted by atomic mass is 16.5. The number of anilines is 1. The quantitative estimate of drug-likeness (QED) is 0.404. The fraction of sp³-hybridized carbons (Fsp3) is 0.429. The van der Waals surface area contributed by atoms with E-state index in [0.29, 0.717) is 34.2 Å². The molecule has 1 saturated heterocycles. The lowest BCUT2D eigenvalue weighted by molar-refractivity contribution is -0.114. The van der Waals surface area contributed by atoms with E-state index in [1.165, 1.54) is 25.0 Å². The minimum Gasteiger partial charge on any atom is -0.508 e. The summed E-state index contributed by atoms with van der Waals surface area (Å²) in [6.07, 6.45) is 1.28. The maximum absolute atomic E-state index is 11.8. The Hall–Kier alpha value is -3.32. The van der Waals surface area contributed by atoms with E-state index in [1.54, 1.807) is 6.07 Å². The summed E-state index contributed by atoms with van der Waals surface area (Å²) in [6, 6.07) is 11.2. The number of carbonyl (C=O) groups excluding carboxylic acids is 1. The fourth-order valence-electron chi connectivity index (χ4n) is 5.19. The monoisotopic (exact) mass is 477 g/mol. The third-order valence-electron chi connectivity index (χ3n) is 6.60. The van der Waals surface area contributed by atoms with Gasteiger partial charge >= 0.3 is 0 Å². The molecular weight excluding hydrogens is 442 g/mol. The Labute approximate surface area is 206 Å². The molecule has 1 aliphatic rings. The molecule has 2 atom stereocenters. The average Bonchev–Trinajstić information content (AvgIpc) is 3.16. The summed E-state index contributed by atoms with van der Waals surface area (Å²) in [7, 11) is 0. The summed E-state index contributed by atoms with van der Waals surface area (Å²) in [5, 5.41) is 27.8. The number of hydrogen-bond acceptors (Lipinski definition) is 6. The molecule has 1 fully saturated rings. The molecule has 0 radical (unpaired) electrons. The zero-order chi connectivity index (χ0) is 25.3. The molecule has 2 unspecified atom stereocenters. The first-order valence-corrected chi connectivity index (χ1v) is 12.3. The lowest BCUT2D eigenvalue weighted by Crippen LogP contribution is -2.38. The van der Waals surface area contributed by atoms with Gasteiger partial charge < -0.3 is 14.7 Å². The number of nitrogens with one attached hydrogen (secondary N) is 1. The summed E-state index contributed by atoms with van der Waals surface area (Å²) in [6.45, 7) is 13.1. The van der Waals surface area contributed by atoms with Crippen LogP contribution in [-0.2, 0) is 11.3 Å². The van der Waals surface area contributed by atoms with Gasteiger partial charge in [0, 0.05) is 38.2 Å². The van der Waals surface area contributed by atoms with Gasteiger partial charge in [0.25, 0.3) is 0 Å². The first-order chi connectivity index (χ1) is 16.6. The van der Waals surface area contributed by atoms with Gasteiger partial charge in [-0.3, -0.25) is 15.0 Å². The molecule has 4 rings (SSSR count). The SMILES string of the molecule is CC(=O)Nc1onc(-c2cc(C(C)C)c(O)cc2O)c1-c1ccc(CN2CC(C)CC(C)C2)cc1. The highest BCUT2D eigenvalue weighted by molar-refractivity contribution is 5.97. The zero-order valence-electron chi connectivity index (χ0n) is 21.1. The van der Waals surface area contributed by atoms with Crippen molar-refractivity contribution in [2.75, 3.05) is 18.4 Å². The molecule has 1 amide bonds. The molecule has 186 valence electrons. The van der Waals surface area contributed by atoms with E-state index in [9.17, 15) is 15.0 Å². The number of nitrogens with zero attached hydrogens (tertiary/aromatic N) is 2. The summed E-state index contributed by atoms with van der Waals surface area (Å²) >= 11 is 0. The highest BCUT2D eigenvalue weighted by Crippen LogP contribution is 2.44. The van der Waals surface area contributed by atoms with Gasteiger partial charge in [0.05, 0.1) is 5.56 Å². The number of phenolic OH excluding ortho intramolecular Hbond substituents is 2. The van der Waals surface area contributed by atoms with Gasteiger partial charge in [0.1, 0.15) is 17.2 Å². The van der Waals surface area contributed by atoms with Gasteiger partial charge in [-0.15, -0.1) is 0 Å². The molecule has 0 saturated carbocycles. The first-order valence-electron chi connectivity index (χ1n) is 12.3. The lowest BCUT2D eigenvalue weighted by Gasteiger charge is -2.35. The van der Waals surface area contributed by atoms with Crippen LogP contribution in [0.15, 0.2) is 40.9 Å². The first kappa shape index (κ1) is 24.8. The van der Waals surface area contributed by atoms with Crippen molar-refractivity contribution >= 4 is 11.8 Å². The molecule has 0 spiro atoms. The summed E-state index contributed by atoms with van der Waals surface area (Å²) < 4.78 is 5.51. The van der Waals surface area contributed by atoms with Gasteiger partial charge in [-0.05, 0) is 46.9 Å². The Kier molecular flexibility index (Phi) is 7.17. The van der Waals surface area contributed by atoms with Gasteiger partial charge in [0.2, 0.25) is 11.8 Å². The maximum Gasteiger partial charge on any atom is 0.239 e. The molecule has 3 N–H and O–H groups in total. The van der Waals surface area contributed by atoms with Crippen molar-refractivity contribution in [3.8, 4) is 33.9 Å². The van der Waals surface area contributed by atoms with Crippen LogP contribution in [0, 0.1) is 11.8 Å². The number of phenols is 2. The van der Waals surface area contributed by atoms with Gasteiger partial charge in [-0.2, -0.15) is 0 Å². The molecule has 1 aromatic heterocycles. The highest BCUT2D eigenvalue weighted by Gasteiger charge is 2.25. The average molecular weight is 478 g/mol. The summed E-state index contributed by atoms with van der Waals surface area (Å²) in [5.41, 5.74) is 4.13. The number of aromatic hydroxyl groups is 2. The standard InChI is InChI=1S/C28H35N3O4/c1-16(2)22-11-23(25(34)12-24(22)33)27-26(28(35-30-27)29-19(5)32)21-8-6-20(7-9-21)15-31-13-17(3)10-18(4)14-31/h6-9,11-12,16-18,33-34H,10,13-15H2,1-5H3,(H,29,32). The van der Waals surface area contributed by atoms with Gasteiger partial charge in [0.15, 0.2) is 0 Å². The Morgan fingerprint density at radius 3 is 2.37 bits per heavy atom. The van der Waals surface area contributed by atoms with E-state index in [0.717, 1.165) is 25.2 Å². The zero-order valence-corrected chi connectivity index (χ0v) is 21.1. The number of carbonyl (C=O) groups is 1. The molecule has 0 aliphatic carbocycles. The van der Waals surface area contributed by atoms with E-state index >= 15 is 0 Å². The van der Waals surface area contributed by atoms with Gasteiger partial charge in [-0.1, -0.05) is 57.1 Å². The van der Waals surface area contributed by atoms with Crippen molar-refractivity contribution in [2.45, 2.75) is 53.5 Å². The molecular formula is C28H35N3O4. The number of rotatable bonds is 6. The third kappa shape index (κ3) is 5.51. The molecule has 2 aromatic carbocycles. The van der Waals surface area contributed by atoms with Crippen molar-refractivity contribution in [1.82, 2.24) is 10.1 Å². The normalized spacial score (nSPS) is 18.7. The van der Waals surface area contributed by atoms with Crippen LogP contribution in [0.5, 0.6) is 11.5 Å². The lowest BCUT2D eigenvalue weighted by atomic mass is 9.91. The Morgan fingerprint density at radius 2 is 1.77 bits per heavy atom. The topological polar surface area (TPSA) is 98.8 Å². The molecule has 1 aliphatic heterocycles. The predicted octanol–water partition coefficient (Wildman–Crippen LogP) is 5.98. The number of piperidine rings is 1. The molecule has 7 heteroatoms. The van der Waals surface area contributed by atoms with Crippen molar-refractivity contribution in [2.24, 2.45) is 11.8 Å². The second kappa shape index (κ2) is 10.1. The van der Waals surface area contributed by atoms with Crippen molar-refractivity contribution < 1.29 is 19.5 Å². The van der Waals surface area contributed by atoms with Crippen LogP contribution in [0.2, 0.25) is 0 Å². The number of aromatic nitrogens is 1. The van der Waals surface area contributed by atoms with Crippen LogP contribution in [0.4, 0.5) is 5.88 Å². The van der Waals surface area contributed by atoms with Crippen LogP contribution >= 0.6 is 0 Å². The Balaban J connectivity index is 1.71. The van der Waals surface area contributed by atoms with Crippen LogP contribution in [0.1, 0.15) is 58.1 Å². The molecule has 2 heterocycles. The molecule has 3 aromatic rings. The van der Waals surface area contributed by atoms with E-state index in [4.69, 9.17) is 4.52 Å². The number of amides is 1. The number of likely N-dealkylation sites (tertiary alicyclic amines) is 1. The van der Waals surface area contributed by atoms with Gasteiger partial charge in [-0.25, -0.2) is 0 Å². The Bertz CT molecular complexity index is 1190. The van der Waals surface area contributed by atoms with E-state index in [2.05, 4.69) is 41.4 Å². The van der Waals surface area contributed by atoms with E-state index < -0.39 is 0 Å². The third-order valence-corrected chi connectivity index (χ3v) is 6.60. The minimum atomic E-state index is -0.281. The smallest absolute Gasteiger partial charge is 0.239 e. The van der Waals surface area contributed by atoms with Crippen molar-refractivity contribution in [3.05, 3.63) is 47.5 Å². The molecule has 35 heavy (non-hydrogen) atoms. The van der Waals surface area contributed by atoms with Crippen LogP contribution in [0.3, 0.4) is 0 Å². The minimum absolute atomic E-state index is 0.0269. The van der Waals surface area contributed by atoms with Crippen molar-refractivity contribution in [1.29, 1.82) is 0 Å². The second-order valence-electron chi connectivity index (χ2n) is 10.3. The van der Waals surface area contributed by atoms with Crippen LogP contribution < -0.4 is 5.32 Å². The van der Waals surface area contributed by atoms with Crippen LogP contribution in [-0.4, -0.2) is 39.3 Å². The van der Waals surface area contributed by atoms with E-state index in [-0.39, 0.29) is 29.2 Å². The van der Waals surface area contributed by atoms with E-state index in [1.807, 2.05) is 26.0 Å². The van der Waals surface area contributed by atoms with Crippen LogP contribution in [0.25, 0.3) is 22.4 Å². The second-order valence-corrected chi connectivity index (χ2v) is 10.3. The molecule has 7 nitrogen and oxygen atoms in total. The number of benzene rings is 2. The predicted molar refractivity (Wildman–Crippen MR) is 137 cm³/mol. The maximum atomic E-state index is 11.8.